The third-order valence-electron chi connectivity index (χ3n) is 10.0. The van der Waals surface area contributed by atoms with Gasteiger partial charge in [-0.05, 0) is 102 Å². The third kappa shape index (κ3) is 8.28. The van der Waals surface area contributed by atoms with Crippen LogP contribution in [0.15, 0.2) is 42.5 Å². The monoisotopic (exact) mass is 798 g/mol. The van der Waals surface area contributed by atoms with Gasteiger partial charge in [0.15, 0.2) is 12.1 Å². The molecular formula is C44H46O14. The fraction of sp³-hybridized carbons (Fsp3) is 0.318. The largest absolute Gasteiger partial charge is 0.507 e. The summed E-state index contributed by atoms with van der Waals surface area (Å²) in [6, 6.07) is 9.43. The molecule has 5 N–H and O–H groups in total. The highest BCUT2D eigenvalue weighted by Gasteiger charge is 2.37. The van der Waals surface area contributed by atoms with Gasteiger partial charge in [0, 0.05) is 30.0 Å². The van der Waals surface area contributed by atoms with E-state index in [9.17, 15) is 44.7 Å². The number of esters is 1. The van der Waals surface area contributed by atoms with Crippen molar-refractivity contribution in [2.45, 2.75) is 78.6 Å². The van der Waals surface area contributed by atoms with Crippen molar-refractivity contribution >= 4 is 30.1 Å². The van der Waals surface area contributed by atoms with Gasteiger partial charge in [0.1, 0.15) is 68.3 Å². The first-order chi connectivity index (χ1) is 27.1. The smallest absolute Gasteiger partial charge is 0.347 e. The number of carbonyl (C=O) groups is 4. The van der Waals surface area contributed by atoms with Gasteiger partial charge in [-0.1, -0.05) is 6.07 Å². The minimum Gasteiger partial charge on any atom is -0.507 e. The second kappa shape index (κ2) is 16.1. The second-order valence-electron chi connectivity index (χ2n) is 15.1. The molecule has 0 fully saturated rings. The first-order valence-electron chi connectivity index (χ1n) is 18.1. The van der Waals surface area contributed by atoms with Crippen molar-refractivity contribution in [3.63, 3.8) is 0 Å². The molecule has 0 saturated heterocycles. The van der Waals surface area contributed by atoms with Crippen molar-refractivity contribution in [1.29, 1.82) is 0 Å². The number of aliphatic hydroxyl groups is 1. The van der Waals surface area contributed by atoms with Crippen LogP contribution in [0.1, 0.15) is 103 Å². The van der Waals surface area contributed by atoms with Gasteiger partial charge in [-0.15, -0.1) is 0 Å². The first-order valence-corrected chi connectivity index (χ1v) is 18.1. The molecule has 4 aromatic rings. The van der Waals surface area contributed by atoms with E-state index in [-0.39, 0.29) is 62.8 Å². The highest BCUT2D eigenvalue weighted by atomic mass is 16.5. The standard InChI is InChI=1S/C25H28O6.C19H18O8/c1-24(2)9-8-16-20(30-24)7-6-14(23(16)29-5)11-18(26)17-10-15-12-22(28)25(3,4)31-21(15)13-19(17)27;1-8-5-13(26-4)11(7-20)17(22)14(8)19(25)27-12-6-9(2)16(21)15(10(12)3)18(23)24/h6-10,13,22,27-28H,11-12H2,1-5H3;5-7,21-22H,1-4H3,(H,23,24). The molecule has 0 aromatic heterocycles. The number of phenolic OH excluding ortho intramolecular Hbond substituents is 2. The number of aromatic hydroxyl groups is 3. The van der Waals surface area contributed by atoms with Crippen molar-refractivity contribution in [2.24, 2.45) is 0 Å². The van der Waals surface area contributed by atoms with Crippen LogP contribution >= 0.6 is 0 Å². The maximum atomic E-state index is 13.1. The number of hydrogen-bond acceptors (Lipinski definition) is 13. The molecule has 2 aliphatic heterocycles. The van der Waals surface area contributed by atoms with E-state index in [1.54, 1.807) is 27.0 Å². The number of carbonyl (C=O) groups excluding carboxylic acids is 3. The zero-order valence-corrected chi connectivity index (χ0v) is 33.6. The quantitative estimate of drug-likeness (QED) is 0.0507. The Morgan fingerprint density at radius 2 is 1.53 bits per heavy atom. The number of aliphatic hydroxyl groups excluding tert-OH is 1. The lowest BCUT2D eigenvalue weighted by Crippen LogP contribution is -2.46. The van der Waals surface area contributed by atoms with Crippen LogP contribution < -0.4 is 23.7 Å². The molecule has 6 rings (SSSR count). The summed E-state index contributed by atoms with van der Waals surface area (Å²) < 4.78 is 27.7. The van der Waals surface area contributed by atoms with Crippen molar-refractivity contribution in [3.05, 3.63) is 98.1 Å². The molecule has 1 atom stereocenters. The molecule has 0 aliphatic carbocycles. The Labute approximate surface area is 334 Å². The number of ketones is 1. The van der Waals surface area contributed by atoms with Gasteiger partial charge in [0.05, 0.1) is 37.0 Å². The number of rotatable bonds is 9. The number of carboxylic acids is 1. The summed E-state index contributed by atoms with van der Waals surface area (Å²) in [5.41, 5.74) is 0.913. The summed E-state index contributed by atoms with van der Waals surface area (Å²) in [5, 5.41) is 50.3. The number of aryl methyl sites for hydroxylation is 2. The fourth-order valence-corrected chi connectivity index (χ4v) is 6.74. The van der Waals surface area contributed by atoms with Gasteiger partial charge >= 0.3 is 11.9 Å². The Morgan fingerprint density at radius 3 is 2.16 bits per heavy atom. The fourth-order valence-electron chi connectivity index (χ4n) is 6.74. The zero-order valence-electron chi connectivity index (χ0n) is 33.6. The number of Topliss-reactive ketones (excluding diaryl/α,β-unsaturated/α-hetero) is 1. The Morgan fingerprint density at radius 1 is 0.862 bits per heavy atom. The number of methoxy groups -OCH3 is 2. The molecule has 14 nitrogen and oxygen atoms in total. The molecule has 1 unspecified atom stereocenters. The summed E-state index contributed by atoms with van der Waals surface area (Å²) in [4.78, 5) is 48.3. The molecule has 0 bridgehead atoms. The Hall–Kier alpha value is -6.54. The van der Waals surface area contributed by atoms with E-state index in [1.807, 2.05) is 38.1 Å². The van der Waals surface area contributed by atoms with Gasteiger partial charge in [0.25, 0.3) is 0 Å². The lowest BCUT2D eigenvalue weighted by Gasteiger charge is -2.37. The number of carboxylic acid groups (broad SMARTS) is 1. The molecule has 0 amide bonds. The van der Waals surface area contributed by atoms with Crippen LogP contribution in [0.3, 0.4) is 0 Å². The van der Waals surface area contributed by atoms with Gasteiger partial charge in [-0.3, -0.25) is 9.59 Å². The molecule has 2 aliphatic rings. The summed E-state index contributed by atoms with van der Waals surface area (Å²) in [6.07, 6.45) is 3.94. The van der Waals surface area contributed by atoms with E-state index in [0.29, 0.717) is 46.6 Å². The van der Waals surface area contributed by atoms with Crippen LogP contribution in [0, 0.1) is 20.8 Å². The first kappa shape index (κ1) is 42.6. The minimum absolute atomic E-state index is 0.0419. The van der Waals surface area contributed by atoms with E-state index in [0.717, 1.165) is 5.56 Å². The molecule has 306 valence electrons. The van der Waals surface area contributed by atoms with E-state index in [1.165, 1.54) is 46.1 Å². The van der Waals surface area contributed by atoms with Crippen LogP contribution in [0.25, 0.3) is 6.08 Å². The predicted octanol–water partition coefficient (Wildman–Crippen LogP) is 6.85. The number of benzene rings is 4. The van der Waals surface area contributed by atoms with Gasteiger partial charge < -0.3 is 49.2 Å². The van der Waals surface area contributed by atoms with E-state index in [2.05, 4.69) is 0 Å². The molecule has 0 spiro atoms. The molecule has 58 heavy (non-hydrogen) atoms. The zero-order chi connectivity index (χ0) is 43.0. The molecular weight excluding hydrogens is 752 g/mol. The highest BCUT2D eigenvalue weighted by molar-refractivity contribution is 6.02. The molecule has 14 heteroatoms. The molecule has 0 radical (unpaired) electrons. The van der Waals surface area contributed by atoms with Crippen molar-refractivity contribution in [3.8, 4) is 46.0 Å². The summed E-state index contributed by atoms with van der Waals surface area (Å²) in [5.74, 6) is -2.00. The average Bonchev–Trinajstić information content (AvgIpc) is 3.13. The van der Waals surface area contributed by atoms with Crippen molar-refractivity contribution < 1.29 is 68.4 Å². The lowest BCUT2D eigenvalue weighted by molar-refractivity contribution is -0.0412. The summed E-state index contributed by atoms with van der Waals surface area (Å²) >= 11 is 0. The maximum Gasteiger partial charge on any atom is 0.347 e. The lowest BCUT2D eigenvalue weighted by atomic mass is 9.89. The van der Waals surface area contributed by atoms with Crippen LogP contribution in [0.5, 0.6) is 46.0 Å². The van der Waals surface area contributed by atoms with Crippen LogP contribution in [0.4, 0.5) is 0 Å². The maximum absolute atomic E-state index is 13.1. The van der Waals surface area contributed by atoms with E-state index in [4.69, 9.17) is 23.7 Å². The molecule has 4 aromatic carbocycles. The normalized spacial score (nSPS) is 15.6. The SMILES string of the molecule is COc1c(CC(=O)c2cc3c(cc2O)OC(C)(C)C(O)C3)ccc2c1C=CC(C)(C)O2.COc1cc(C)c(C(=O)Oc2cc(C)c(O)c(C(=O)O)c2C)c(O)c1C=O. The third-order valence-corrected chi connectivity index (χ3v) is 10.0. The topological polar surface area (TPSA) is 216 Å². The Kier molecular flexibility index (Phi) is 11.9. The van der Waals surface area contributed by atoms with Gasteiger partial charge in [0.2, 0.25) is 0 Å². The predicted molar refractivity (Wildman–Crippen MR) is 212 cm³/mol. The minimum atomic E-state index is -1.38. The van der Waals surface area contributed by atoms with Crippen LogP contribution in [-0.2, 0) is 12.8 Å². The molecule has 0 saturated carbocycles. The Bertz CT molecular complexity index is 2370. The van der Waals surface area contributed by atoms with E-state index < -0.39 is 40.7 Å². The number of ether oxygens (including phenoxy) is 5. The van der Waals surface area contributed by atoms with Crippen molar-refractivity contribution in [2.75, 3.05) is 14.2 Å². The number of fused-ring (bicyclic) bond motifs is 2. The van der Waals surface area contributed by atoms with E-state index >= 15 is 0 Å². The number of aldehydes is 1. The average molecular weight is 799 g/mol. The van der Waals surface area contributed by atoms with Gasteiger partial charge in [-0.2, -0.15) is 0 Å². The second-order valence-corrected chi connectivity index (χ2v) is 15.1. The highest BCUT2D eigenvalue weighted by Crippen LogP contribution is 2.42. The van der Waals surface area contributed by atoms with Gasteiger partial charge in [-0.25, -0.2) is 9.59 Å². The summed E-state index contributed by atoms with van der Waals surface area (Å²) in [6.45, 7) is 11.9. The van der Waals surface area contributed by atoms with Crippen LogP contribution in [0.2, 0.25) is 0 Å². The molecule has 2 heterocycles. The Balaban J connectivity index is 0.000000223. The number of phenols is 3. The number of aromatic carboxylic acids is 1. The number of hydrogen-bond donors (Lipinski definition) is 5. The summed E-state index contributed by atoms with van der Waals surface area (Å²) in [7, 11) is 2.88. The van der Waals surface area contributed by atoms with Crippen molar-refractivity contribution in [1.82, 2.24) is 0 Å². The van der Waals surface area contributed by atoms with Crippen LogP contribution in [-0.4, -0.2) is 81.1 Å².